The second kappa shape index (κ2) is 5.92. The maximum atomic E-state index is 11.9. The molecule has 0 atom stereocenters. The Morgan fingerprint density at radius 3 is 2.21 bits per heavy atom. The first-order valence-electron chi connectivity index (χ1n) is 5.93. The monoisotopic (exact) mass is 303 g/mol. The van der Waals surface area contributed by atoms with Crippen molar-refractivity contribution in [1.29, 1.82) is 0 Å². The highest BCUT2D eigenvalue weighted by atomic mass is 35.5. The topological polar surface area (TPSA) is 63.2 Å². The highest BCUT2D eigenvalue weighted by molar-refractivity contribution is 7.91. The van der Waals surface area contributed by atoms with Crippen LogP contribution in [-0.4, -0.2) is 26.0 Å². The van der Waals surface area contributed by atoms with Crippen molar-refractivity contribution in [2.45, 2.75) is 25.7 Å². The third kappa shape index (κ3) is 3.94. The molecule has 0 aliphatic heterocycles. The number of carbonyl (C=O) groups is 1. The number of anilines is 1. The van der Waals surface area contributed by atoms with Gasteiger partial charge >= 0.3 is 0 Å². The first-order chi connectivity index (χ1) is 8.73. The van der Waals surface area contributed by atoms with Crippen LogP contribution in [-0.2, 0) is 14.6 Å². The van der Waals surface area contributed by atoms with E-state index in [1.54, 1.807) is 32.9 Å². The zero-order valence-corrected chi connectivity index (χ0v) is 12.8. The van der Waals surface area contributed by atoms with Gasteiger partial charge in [-0.15, -0.1) is 11.6 Å². The molecular weight excluding hydrogens is 286 g/mol. The van der Waals surface area contributed by atoms with Crippen molar-refractivity contribution in [3.8, 4) is 0 Å². The Hall–Kier alpha value is -1.07. The maximum absolute atomic E-state index is 11.9. The Morgan fingerprint density at radius 1 is 1.26 bits per heavy atom. The molecule has 106 valence electrons. The van der Waals surface area contributed by atoms with E-state index in [0.717, 1.165) is 0 Å². The van der Waals surface area contributed by atoms with Crippen molar-refractivity contribution >= 4 is 33.0 Å². The quantitative estimate of drug-likeness (QED) is 0.851. The van der Waals surface area contributed by atoms with E-state index in [-0.39, 0.29) is 22.4 Å². The summed E-state index contributed by atoms with van der Waals surface area (Å²) in [5.41, 5.74) is -0.117. The minimum absolute atomic E-state index is 0.0536. The van der Waals surface area contributed by atoms with E-state index in [1.165, 1.54) is 12.1 Å². The van der Waals surface area contributed by atoms with E-state index in [0.29, 0.717) is 5.69 Å². The minimum atomic E-state index is -3.21. The number of carbonyl (C=O) groups excluding carboxylic acids is 1. The van der Waals surface area contributed by atoms with Crippen LogP contribution in [0.15, 0.2) is 29.2 Å². The summed E-state index contributed by atoms with van der Waals surface area (Å²) < 4.78 is 23.3. The largest absolute Gasteiger partial charge is 0.326 e. The number of alkyl halides is 1. The highest BCUT2D eigenvalue weighted by Crippen LogP contribution is 2.21. The summed E-state index contributed by atoms with van der Waals surface area (Å²) in [7, 11) is -3.21. The van der Waals surface area contributed by atoms with Crippen molar-refractivity contribution in [3.05, 3.63) is 24.3 Å². The maximum Gasteiger partial charge on any atom is 0.231 e. The summed E-state index contributed by atoms with van der Waals surface area (Å²) in [6, 6.07) is 6.12. The molecular formula is C13H18ClNO3S. The number of rotatable bonds is 5. The van der Waals surface area contributed by atoms with Crippen LogP contribution in [0.4, 0.5) is 5.69 Å². The number of hydrogen-bond acceptors (Lipinski definition) is 3. The van der Waals surface area contributed by atoms with Crippen molar-refractivity contribution in [3.63, 3.8) is 0 Å². The SMILES string of the molecule is CCS(=O)(=O)c1ccc(NC(=O)C(C)(C)CCl)cc1. The Bertz CT molecular complexity index is 550. The van der Waals surface area contributed by atoms with Crippen LogP contribution in [0.1, 0.15) is 20.8 Å². The van der Waals surface area contributed by atoms with Crippen molar-refractivity contribution < 1.29 is 13.2 Å². The van der Waals surface area contributed by atoms with Crippen LogP contribution < -0.4 is 5.32 Å². The summed E-state index contributed by atoms with van der Waals surface area (Å²) in [5.74, 6) is 0.0626. The van der Waals surface area contributed by atoms with Gasteiger partial charge in [0.15, 0.2) is 9.84 Å². The average Bonchev–Trinajstić information content (AvgIpc) is 2.39. The molecule has 0 aliphatic rings. The fourth-order valence-electron chi connectivity index (χ4n) is 1.27. The number of nitrogens with one attached hydrogen (secondary N) is 1. The molecule has 1 rings (SSSR count). The standard InChI is InChI=1S/C13H18ClNO3S/c1-4-19(17,18)11-7-5-10(6-8-11)15-12(16)13(2,3)9-14/h5-8H,4,9H2,1-3H3,(H,15,16). The molecule has 0 saturated heterocycles. The molecule has 0 unspecified atom stereocenters. The van der Waals surface area contributed by atoms with Gasteiger partial charge in [-0.2, -0.15) is 0 Å². The third-order valence-electron chi connectivity index (χ3n) is 2.80. The lowest BCUT2D eigenvalue weighted by molar-refractivity contribution is -0.122. The van der Waals surface area contributed by atoms with Gasteiger partial charge in [-0.1, -0.05) is 6.92 Å². The molecule has 1 aromatic rings. The lowest BCUT2D eigenvalue weighted by Crippen LogP contribution is -2.32. The summed E-state index contributed by atoms with van der Waals surface area (Å²) in [6.45, 7) is 5.07. The van der Waals surface area contributed by atoms with Gasteiger partial charge in [0.1, 0.15) is 0 Å². The van der Waals surface area contributed by atoms with Gasteiger partial charge in [0, 0.05) is 11.6 Å². The average molecular weight is 304 g/mol. The molecule has 0 spiro atoms. The number of benzene rings is 1. The van der Waals surface area contributed by atoms with Crippen molar-refractivity contribution in [2.24, 2.45) is 5.41 Å². The molecule has 1 aromatic carbocycles. The second-order valence-electron chi connectivity index (χ2n) is 4.90. The fourth-order valence-corrected chi connectivity index (χ4v) is 2.28. The fraction of sp³-hybridized carbons (Fsp3) is 0.462. The zero-order valence-electron chi connectivity index (χ0n) is 11.2. The summed E-state index contributed by atoms with van der Waals surface area (Å²) in [5, 5.41) is 2.71. The van der Waals surface area contributed by atoms with Gasteiger partial charge in [0.05, 0.1) is 16.1 Å². The minimum Gasteiger partial charge on any atom is -0.326 e. The normalized spacial score (nSPS) is 12.2. The van der Waals surface area contributed by atoms with Crippen LogP contribution in [0, 0.1) is 5.41 Å². The van der Waals surface area contributed by atoms with E-state index >= 15 is 0 Å². The Morgan fingerprint density at radius 2 is 1.79 bits per heavy atom. The summed E-state index contributed by atoms with van der Waals surface area (Å²) in [6.07, 6.45) is 0. The van der Waals surface area contributed by atoms with Crippen molar-refractivity contribution in [2.75, 3.05) is 16.9 Å². The van der Waals surface area contributed by atoms with Gasteiger partial charge in [0.2, 0.25) is 5.91 Å². The molecule has 0 saturated carbocycles. The zero-order chi connectivity index (χ0) is 14.7. The number of amides is 1. The van der Waals surface area contributed by atoms with Gasteiger partial charge < -0.3 is 5.32 Å². The van der Waals surface area contributed by atoms with Crippen LogP contribution >= 0.6 is 11.6 Å². The molecule has 6 heteroatoms. The van der Waals surface area contributed by atoms with E-state index in [9.17, 15) is 13.2 Å². The molecule has 4 nitrogen and oxygen atoms in total. The van der Waals surface area contributed by atoms with Gasteiger partial charge in [-0.05, 0) is 38.1 Å². The first-order valence-corrected chi connectivity index (χ1v) is 8.12. The van der Waals surface area contributed by atoms with E-state index in [2.05, 4.69) is 5.32 Å². The predicted molar refractivity (Wildman–Crippen MR) is 77.3 cm³/mol. The summed E-state index contributed by atoms with van der Waals surface area (Å²) in [4.78, 5) is 12.1. The number of sulfone groups is 1. The lowest BCUT2D eigenvalue weighted by Gasteiger charge is -2.20. The van der Waals surface area contributed by atoms with E-state index in [4.69, 9.17) is 11.6 Å². The Balaban J connectivity index is 2.87. The molecule has 0 radical (unpaired) electrons. The Labute approximate surface area is 119 Å². The summed E-state index contributed by atoms with van der Waals surface area (Å²) >= 11 is 5.72. The Kier molecular flexibility index (Phi) is 4.98. The first kappa shape index (κ1) is 16.0. The number of hydrogen-bond donors (Lipinski definition) is 1. The van der Waals surface area contributed by atoms with Gasteiger partial charge in [-0.3, -0.25) is 4.79 Å². The highest BCUT2D eigenvalue weighted by Gasteiger charge is 2.26. The second-order valence-corrected chi connectivity index (χ2v) is 7.44. The van der Waals surface area contributed by atoms with Crippen molar-refractivity contribution in [1.82, 2.24) is 0 Å². The molecule has 0 aromatic heterocycles. The molecule has 0 fully saturated rings. The molecule has 1 N–H and O–H groups in total. The number of halogens is 1. The van der Waals surface area contributed by atoms with Crippen LogP contribution in [0.3, 0.4) is 0 Å². The van der Waals surface area contributed by atoms with E-state index < -0.39 is 15.3 Å². The molecule has 0 aliphatic carbocycles. The van der Waals surface area contributed by atoms with Crippen LogP contribution in [0.2, 0.25) is 0 Å². The molecule has 19 heavy (non-hydrogen) atoms. The molecule has 0 bridgehead atoms. The smallest absolute Gasteiger partial charge is 0.231 e. The molecule has 0 heterocycles. The van der Waals surface area contributed by atoms with Crippen LogP contribution in [0.5, 0.6) is 0 Å². The molecule has 1 amide bonds. The third-order valence-corrected chi connectivity index (χ3v) is 5.22. The van der Waals surface area contributed by atoms with Gasteiger partial charge in [0.25, 0.3) is 0 Å². The van der Waals surface area contributed by atoms with E-state index in [1.807, 2.05) is 0 Å². The lowest BCUT2D eigenvalue weighted by atomic mass is 9.95. The predicted octanol–water partition coefficient (Wildman–Crippen LogP) is 2.68. The van der Waals surface area contributed by atoms with Crippen LogP contribution in [0.25, 0.3) is 0 Å². The van der Waals surface area contributed by atoms with Gasteiger partial charge in [-0.25, -0.2) is 8.42 Å².